The second-order valence-electron chi connectivity index (χ2n) is 6.58. The van der Waals surface area contributed by atoms with Gasteiger partial charge in [-0.2, -0.15) is 0 Å². The van der Waals surface area contributed by atoms with Crippen LogP contribution in [0.3, 0.4) is 0 Å². The average molecular weight is 482 g/mol. The number of carbonyl (C=O) groups is 6. The van der Waals surface area contributed by atoms with Gasteiger partial charge in [0.15, 0.2) is 0 Å². The van der Waals surface area contributed by atoms with Gasteiger partial charge in [-0.1, -0.05) is 24.3 Å². The van der Waals surface area contributed by atoms with E-state index in [-0.39, 0.29) is 0 Å². The molecule has 0 atom stereocenters. The number of anilines is 2. The van der Waals surface area contributed by atoms with Gasteiger partial charge in [0.05, 0.1) is 0 Å². The molecular weight excluding hydrogens is 464 g/mol. The first-order valence-electron chi connectivity index (χ1n) is 9.66. The third-order valence-corrected chi connectivity index (χ3v) is 3.92. The Bertz CT molecular complexity index is 1090. The molecule has 2 aromatic carbocycles. The van der Waals surface area contributed by atoms with Crippen LogP contribution in [0.5, 0.6) is 0 Å². The molecule has 0 aliphatic heterocycles. The van der Waals surface area contributed by atoms with E-state index in [1.54, 1.807) is 48.5 Å². The van der Waals surface area contributed by atoms with Crippen LogP contribution < -0.4 is 10.6 Å². The molecule has 0 unspecified atom stereocenters. The lowest BCUT2D eigenvalue weighted by Gasteiger charge is -2.08. The quantitative estimate of drug-likeness (QED) is 0.248. The van der Waals surface area contributed by atoms with Gasteiger partial charge in [-0.3, -0.25) is 10.6 Å². The molecule has 4 N–H and O–H groups in total. The minimum Gasteiger partial charge on any atom is -0.478 e. The molecular formula is C23H18N2O10. The highest BCUT2D eigenvalue weighted by atomic mass is 16.6. The first-order valence-corrected chi connectivity index (χ1v) is 9.66. The molecule has 0 heterocycles. The minimum atomic E-state index is -1.36. The number of nitrogens with one attached hydrogen (secondary N) is 2. The molecule has 12 nitrogen and oxygen atoms in total. The first kappa shape index (κ1) is 26.0. The van der Waals surface area contributed by atoms with Crippen molar-refractivity contribution in [2.75, 3.05) is 10.6 Å². The van der Waals surface area contributed by atoms with Gasteiger partial charge in [0.25, 0.3) is 0 Å². The Morgan fingerprint density at radius 3 is 1.26 bits per heavy atom. The van der Waals surface area contributed by atoms with Crippen molar-refractivity contribution >= 4 is 47.4 Å². The topological polar surface area (TPSA) is 185 Å². The van der Waals surface area contributed by atoms with Crippen LogP contribution in [0.25, 0.3) is 0 Å². The summed E-state index contributed by atoms with van der Waals surface area (Å²) >= 11 is 0. The fourth-order valence-electron chi connectivity index (χ4n) is 2.46. The number of rotatable bonds is 8. The van der Waals surface area contributed by atoms with E-state index in [0.29, 0.717) is 42.1 Å². The lowest BCUT2D eigenvalue weighted by molar-refractivity contribution is -0.134. The highest BCUT2D eigenvalue weighted by Gasteiger charge is 2.10. The molecule has 12 heteroatoms. The molecule has 0 aromatic heterocycles. The minimum absolute atomic E-state index is 0.347. The second-order valence-corrected chi connectivity index (χ2v) is 6.58. The van der Waals surface area contributed by atoms with Gasteiger partial charge in [0.1, 0.15) is 0 Å². The van der Waals surface area contributed by atoms with Crippen molar-refractivity contribution in [2.45, 2.75) is 6.42 Å². The van der Waals surface area contributed by atoms with Crippen molar-refractivity contribution in [1.82, 2.24) is 0 Å². The molecule has 35 heavy (non-hydrogen) atoms. The van der Waals surface area contributed by atoms with E-state index >= 15 is 0 Å². The number of ether oxygens (including phenoxy) is 2. The predicted molar refractivity (Wildman–Crippen MR) is 119 cm³/mol. The van der Waals surface area contributed by atoms with Gasteiger partial charge in [0.2, 0.25) is 0 Å². The number of amides is 2. The van der Waals surface area contributed by atoms with Crippen LogP contribution in [0.15, 0.2) is 72.8 Å². The maximum absolute atomic E-state index is 11.7. The lowest BCUT2D eigenvalue weighted by atomic mass is 10.0. The number of aliphatic carboxylic acids is 2. The molecule has 0 saturated carbocycles. The van der Waals surface area contributed by atoms with E-state index in [4.69, 9.17) is 10.2 Å². The molecule has 0 spiro atoms. The van der Waals surface area contributed by atoms with Gasteiger partial charge in [0, 0.05) is 35.7 Å². The molecule has 2 rings (SSSR count). The number of hydrogen-bond acceptors (Lipinski definition) is 8. The number of hydrogen-bond donors (Lipinski definition) is 4. The summed E-state index contributed by atoms with van der Waals surface area (Å²) in [5, 5.41) is 21.5. The van der Waals surface area contributed by atoms with E-state index in [1.165, 1.54) is 0 Å². The van der Waals surface area contributed by atoms with Crippen LogP contribution >= 0.6 is 0 Å². The summed E-state index contributed by atoms with van der Waals surface area (Å²) in [7, 11) is 0. The van der Waals surface area contributed by atoms with E-state index < -0.39 is 36.1 Å². The van der Waals surface area contributed by atoms with Crippen LogP contribution in [0.1, 0.15) is 11.1 Å². The van der Waals surface area contributed by atoms with Gasteiger partial charge < -0.3 is 19.7 Å². The predicted octanol–water partition coefficient (Wildman–Crippen LogP) is 2.71. The summed E-state index contributed by atoms with van der Waals surface area (Å²) in [6.07, 6.45) is 0.664. The summed E-state index contributed by atoms with van der Waals surface area (Å²) in [5.41, 5.74) is 2.44. The van der Waals surface area contributed by atoms with Gasteiger partial charge in [-0.15, -0.1) is 0 Å². The average Bonchev–Trinajstić information content (AvgIpc) is 2.79. The molecule has 2 aromatic rings. The van der Waals surface area contributed by atoms with Crippen molar-refractivity contribution in [2.24, 2.45) is 0 Å². The maximum atomic E-state index is 11.7. The zero-order chi connectivity index (χ0) is 25.8. The van der Waals surface area contributed by atoms with Crippen LogP contribution in [-0.2, 0) is 35.1 Å². The molecule has 0 aliphatic rings. The van der Waals surface area contributed by atoms with Crippen molar-refractivity contribution in [3.8, 4) is 0 Å². The normalized spacial score (nSPS) is 10.5. The van der Waals surface area contributed by atoms with E-state index in [0.717, 1.165) is 11.1 Å². The van der Waals surface area contributed by atoms with Crippen molar-refractivity contribution in [1.29, 1.82) is 0 Å². The van der Waals surface area contributed by atoms with E-state index in [9.17, 15) is 28.8 Å². The Morgan fingerprint density at radius 1 is 0.600 bits per heavy atom. The van der Waals surface area contributed by atoms with Crippen molar-refractivity contribution in [3.63, 3.8) is 0 Å². The van der Waals surface area contributed by atoms with Gasteiger partial charge >= 0.3 is 36.1 Å². The molecule has 0 aliphatic carbocycles. The number of esters is 2. The molecule has 0 fully saturated rings. The number of carboxylic acids is 2. The van der Waals surface area contributed by atoms with Gasteiger partial charge in [-0.05, 0) is 41.8 Å². The number of benzene rings is 2. The number of carbonyl (C=O) groups excluding carboxylic acids is 4. The SMILES string of the molecule is O=C(O)/C=C/C(=O)OC(=O)Nc1ccc(Cc2ccc(NC(=O)OC(=O)/C=C/C(=O)O)cc2)cc1. The summed E-state index contributed by atoms with van der Waals surface area (Å²) < 4.78 is 8.78. The summed E-state index contributed by atoms with van der Waals surface area (Å²) in [4.78, 5) is 66.5. The molecule has 0 saturated heterocycles. The zero-order valence-corrected chi connectivity index (χ0v) is 17.8. The third-order valence-electron chi connectivity index (χ3n) is 3.92. The lowest BCUT2D eigenvalue weighted by Crippen LogP contribution is -2.17. The van der Waals surface area contributed by atoms with Crippen LogP contribution in [-0.4, -0.2) is 46.3 Å². The Kier molecular flexibility index (Phi) is 9.43. The van der Waals surface area contributed by atoms with Crippen LogP contribution in [0.4, 0.5) is 21.0 Å². The van der Waals surface area contributed by atoms with Crippen molar-refractivity contribution < 1.29 is 48.5 Å². The second kappa shape index (κ2) is 12.7. The van der Waals surface area contributed by atoms with E-state index in [2.05, 4.69) is 20.1 Å². The summed E-state index contributed by atoms with van der Waals surface area (Å²) in [6, 6.07) is 13.2. The largest absolute Gasteiger partial charge is 0.478 e. The molecule has 180 valence electrons. The standard InChI is InChI=1S/C23H18N2O10/c26-18(27)9-11-20(30)34-22(32)24-16-5-1-14(2-6-16)13-15-3-7-17(8-4-15)25-23(33)35-21(31)12-10-19(28)29/h1-12H,13H2,(H,24,32)(H,25,33)(H,26,27)(H,28,29)/b11-9+,12-10+. The zero-order valence-electron chi connectivity index (χ0n) is 17.8. The fraction of sp³-hybridized carbons (Fsp3) is 0.0435. The van der Waals surface area contributed by atoms with E-state index in [1.807, 2.05) is 0 Å². The summed E-state index contributed by atoms with van der Waals surface area (Å²) in [5.74, 6) is -4.97. The van der Waals surface area contributed by atoms with Crippen LogP contribution in [0.2, 0.25) is 0 Å². The Hall–Kier alpha value is -5.26. The first-order chi connectivity index (χ1) is 16.6. The monoisotopic (exact) mass is 482 g/mol. The highest BCUT2D eigenvalue weighted by Crippen LogP contribution is 2.16. The summed E-state index contributed by atoms with van der Waals surface area (Å²) in [6.45, 7) is 0. The Labute approximate surface area is 197 Å². The molecule has 0 radical (unpaired) electrons. The maximum Gasteiger partial charge on any atom is 0.419 e. The molecule has 0 bridgehead atoms. The highest BCUT2D eigenvalue weighted by molar-refractivity contribution is 6.00. The fourth-order valence-corrected chi connectivity index (χ4v) is 2.46. The number of carboxylic acid groups (broad SMARTS) is 2. The Morgan fingerprint density at radius 2 is 0.943 bits per heavy atom. The van der Waals surface area contributed by atoms with Crippen molar-refractivity contribution in [3.05, 3.63) is 84.0 Å². The van der Waals surface area contributed by atoms with Gasteiger partial charge in [-0.25, -0.2) is 28.8 Å². The smallest absolute Gasteiger partial charge is 0.419 e. The molecule has 2 amide bonds. The third kappa shape index (κ3) is 10.3. The van der Waals surface area contributed by atoms with Crippen LogP contribution in [0, 0.1) is 0 Å². The Balaban J connectivity index is 1.85.